The molecule has 1 saturated heterocycles. The van der Waals surface area contributed by atoms with Crippen molar-refractivity contribution in [2.75, 3.05) is 19.6 Å². The molecule has 1 amide bonds. The van der Waals surface area contributed by atoms with Crippen LogP contribution in [0.3, 0.4) is 0 Å². The summed E-state index contributed by atoms with van der Waals surface area (Å²) in [5.41, 5.74) is 0.383. The van der Waals surface area contributed by atoms with Crippen LogP contribution in [0.2, 0.25) is 0 Å². The first kappa shape index (κ1) is 15.7. The van der Waals surface area contributed by atoms with Gasteiger partial charge in [0.1, 0.15) is 5.82 Å². The van der Waals surface area contributed by atoms with Gasteiger partial charge < -0.3 is 14.6 Å². The van der Waals surface area contributed by atoms with Crippen molar-refractivity contribution in [2.45, 2.75) is 25.8 Å². The predicted octanol–water partition coefficient (Wildman–Crippen LogP) is 2.23. The van der Waals surface area contributed by atoms with E-state index in [4.69, 9.17) is 4.42 Å². The number of rotatable bonds is 4. The molecule has 1 N–H and O–H groups in total. The summed E-state index contributed by atoms with van der Waals surface area (Å²) in [5.74, 6) is 0.603. The number of halogens is 1. The molecule has 0 saturated carbocycles. The summed E-state index contributed by atoms with van der Waals surface area (Å²) in [7, 11) is 0. The summed E-state index contributed by atoms with van der Waals surface area (Å²) in [5, 5.41) is 3.26. The first-order valence-electron chi connectivity index (χ1n) is 7.85. The quantitative estimate of drug-likeness (QED) is 0.939. The fourth-order valence-corrected chi connectivity index (χ4v) is 2.78. The van der Waals surface area contributed by atoms with Gasteiger partial charge in [-0.1, -0.05) is 12.1 Å². The molecule has 1 aromatic heterocycles. The van der Waals surface area contributed by atoms with E-state index in [-0.39, 0.29) is 17.8 Å². The summed E-state index contributed by atoms with van der Waals surface area (Å²) in [6.45, 7) is 4.41. The van der Waals surface area contributed by atoms with E-state index in [9.17, 15) is 9.18 Å². The highest BCUT2D eigenvalue weighted by Gasteiger charge is 2.23. The van der Waals surface area contributed by atoms with Gasteiger partial charge in [0.15, 0.2) is 11.7 Å². The van der Waals surface area contributed by atoms with Crippen LogP contribution in [0.4, 0.5) is 4.39 Å². The average molecular weight is 317 g/mol. The molecular weight excluding hydrogens is 297 g/mol. The smallest absolute Gasteiger partial charge is 0.223 e. The van der Waals surface area contributed by atoms with Crippen molar-refractivity contribution in [3.63, 3.8) is 0 Å². The Balaban J connectivity index is 1.61. The van der Waals surface area contributed by atoms with E-state index in [0.717, 1.165) is 19.6 Å². The number of carbonyl (C=O) groups excluding carboxylic acids is 1. The topological polar surface area (TPSA) is 58.4 Å². The lowest BCUT2D eigenvalue weighted by molar-refractivity contribution is -0.134. The van der Waals surface area contributed by atoms with E-state index in [1.165, 1.54) is 12.3 Å². The Morgan fingerprint density at radius 2 is 2.30 bits per heavy atom. The van der Waals surface area contributed by atoms with Crippen molar-refractivity contribution >= 4 is 5.91 Å². The molecule has 122 valence electrons. The second kappa shape index (κ2) is 6.91. The Kier molecular flexibility index (Phi) is 4.71. The van der Waals surface area contributed by atoms with Crippen molar-refractivity contribution in [1.82, 2.24) is 15.2 Å². The van der Waals surface area contributed by atoms with E-state index in [0.29, 0.717) is 30.1 Å². The molecule has 1 atom stereocenters. The highest BCUT2D eigenvalue weighted by molar-refractivity contribution is 5.76. The lowest BCUT2D eigenvalue weighted by Gasteiger charge is -2.34. The summed E-state index contributed by atoms with van der Waals surface area (Å²) in [6, 6.07) is 6.61. The molecule has 0 unspecified atom stereocenters. The SMILES string of the molecule is C[C@@H]1CNCCN1C(=O)CCc1ncc(-c2ccccc2F)o1. The van der Waals surface area contributed by atoms with E-state index < -0.39 is 0 Å². The molecule has 1 aromatic carbocycles. The van der Waals surface area contributed by atoms with Crippen molar-refractivity contribution in [3.05, 3.63) is 42.2 Å². The van der Waals surface area contributed by atoms with Crippen LogP contribution < -0.4 is 5.32 Å². The van der Waals surface area contributed by atoms with E-state index >= 15 is 0 Å². The molecule has 2 aromatic rings. The molecule has 0 spiro atoms. The van der Waals surface area contributed by atoms with E-state index in [2.05, 4.69) is 10.3 Å². The molecule has 23 heavy (non-hydrogen) atoms. The summed E-state index contributed by atoms with van der Waals surface area (Å²) < 4.78 is 19.3. The number of oxazole rings is 1. The lowest BCUT2D eigenvalue weighted by Crippen LogP contribution is -2.52. The average Bonchev–Trinajstić information content (AvgIpc) is 3.02. The van der Waals surface area contributed by atoms with Crippen LogP contribution in [0.1, 0.15) is 19.2 Å². The Morgan fingerprint density at radius 1 is 1.48 bits per heavy atom. The number of nitrogens with zero attached hydrogens (tertiary/aromatic N) is 2. The Hall–Kier alpha value is -2.21. The normalized spacial score (nSPS) is 18.2. The maximum atomic E-state index is 13.7. The minimum atomic E-state index is -0.346. The minimum Gasteiger partial charge on any atom is -0.441 e. The molecule has 1 aliphatic rings. The third-order valence-electron chi connectivity index (χ3n) is 4.07. The zero-order valence-electron chi connectivity index (χ0n) is 13.1. The molecule has 1 aliphatic heterocycles. The largest absolute Gasteiger partial charge is 0.441 e. The van der Waals surface area contributed by atoms with Crippen molar-refractivity contribution in [1.29, 1.82) is 0 Å². The van der Waals surface area contributed by atoms with Crippen LogP contribution in [0, 0.1) is 5.82 Å². The molecule has 0 radical (unpaired) electrons. The lowest BCUT2D eigenvalue weighted by atomic mass is 10.2. The highest BCUT2D eigenvalue weighted by atomic mass is 19.1. The van der Waals surface area contributed by atoms with Gasteiger partial charge in [-0.25, -0.2) is 9.37 Å². The Labute approximate surface area is 134 Å². The minimum absolute atomic E-state index is 0.102. The standard InChI is InChI=1S/C17H20FN3O2/c1-12-10-19-8-9-21(12)17(22)7-6-16-20-11-15(23-16)13-4-2-3-5-14(13)18/h2-5,11-12,19H,6-10H2,1H3/t12-/m1/s1. The third kappa shape index (κ3) is 3.59. The molecule has 3 rings (SSSR count). The van der Waals surface area contributed by atoms with Crippen molar-refractivity contribution < 1.29 is 13.6 Å². The Bertz CT molecular complexity index is 686. The number of amides is 1. The first-order chi connectivity index (χ1) is 11.1. The number of hydrogen-bond donors (Lipinski definition) is 1. The van der Waals surface area contributed by atoms with Crippen molar-refractivity contribution in [2.24, 2.45) is 0 Å². The van der Waals surface area contributed by atoms with Crippen LogP contribution in [-0.2, 0) is 11.2 Å². The molecular formula is C17H20FN3O2. The van der Waals surface area contributed by atoms with Crippen LogP contribution in [0.25, 0.3) is 11.3 Å². The zero-order chi connectivity index (χ0) is 16.2. The summed E-state index contributed by atoms with van der Waals surface area (Å²) >= 11 is 0. The van der Waals surface area contributed by atoms with Gasteiger partial charge in [-0.2, -0.15) is 0 Å². The third-order valence-corrected chi connectivity index (χ3v) is 4.07. The van der Waals surface area contributed by atoms with Crippen LogP contribution >= 0.6 is 0 Å². The van der Waals surface area contributed by atoms with Crippen molar-refractivity contribution in [3.8, 4) is 11.3 Å². The van der Waals surface area contributed by atoms with Gasteiger partial charge in [-0.3, -0.25) is 4.79 Å². The number of carbonyl (C=O) groups is 1. The number of aryl methyl sites for hydroxylation is 1. The van der Waals surface area contributed by atoms with Crippen LogP contribution in [-0.4, -0.2) is 41.5 Å². The number of piperazine rings is 1. The van der Waals surface area contributed by atoms with Gasteiger partial charge in [0.2, 0.25) is 5.91 Å². The number of nitrogens with one attached hydrogen (secondary N) is 1. The van der Waals surface area contributed by atoms with Gasteiger partial charge in [0, 0.05) is 38.5 Å². The number of aromatic nitrogens is 1. The van der Waals surface area contributed by atoms with E-state index in [1.54, 1.807) is 18.2 Å². The fraction of sp³-hybridized carbons (Fsp3) is 0.412. The maximum Gasteiger partial charge on any atom is 0.223 e. The van der Waals surface area contributed by atoms with Gasteiger partial charge in [0.05, 0.1) is 11.8 Å². The zero-order valence-corrected chi connectivity index (χ0v) is 13.1. The highest BCUT2D eigenvalue weighted by Crippen LogP contribution is 2.23. The molecule has 6 heteroatoms. The Morgan fingerprint density at radius 3 is 3.09 bits per heavy atom. The van der Waals surface area contributed by atoms with Gasteiger partial charge in [-0.05, 0) is 19.1 Å². The maximum absolute atomic E-state index is 13.7. The summed E-state index contributed by atoms with van der Waals surface area (Å²) in [6.07, 6.45) is 2.27. The van der Waals surface area contributed by atoms with Gasteiger partial charge in [0.25, 0.3) is 0 Å². The van der Waals surface area contributed by atoms with Gasteiger partial charge in [-0.15, -0.1) is 0 Å². The molecule has 0 bridgehead atoms. The number of hydrogen-bond acceptors (Lipinski definition) is 4. The second-order valence-electron chi connectivity index (χ2n) is 5.74. The monoisotopic (exact) mass is 317 g/mol. The molecule has 2 heterocycles. The molecule has 0 aliphatic carbocycles. The van der Waals surface area contributed by atoms with Crippen LogP contribution in [0.15, 0.2) is 34.9 Å². The molecule has 5 nitrogen and oxygen atoms in total. The molecule has 1 fully saturated rings. The fourth-order valence-electron chi connectivity index (χ4n) is 2.78. The second-order valence-corrected chi connectivity index (χ2v) is 5.74. The van der Waals surface area contributed by atoms with Crippen LogP contribution in [0.5, 0.6) is 0 Å². The number of benzene rings is 1. The predicted molar refractivity (Wildman–Crippen MR) is 84.3 cm³/mol. The van der Waals surface area contributed by atoms with E-state index in [1.807, 2.05) is 11.8 Å². The summed E-state index contributed by atoms with van der Waals surface area (Å²) in [4.78, 5) is 18.3. The first-order valence-corrected chi connectivity index (χ1v) is 7.85. The van der Waals surface area contributed by atoms with Gasteiger partial charge >= 0.3 is 0 Å².